The third kappa shape index (κ3) is 0.834. The Balaban J connectivity index is 3.05. The molecule has 1 atom stereocenters. The molecule has 0 amide bonds. The fourth-order valence-electron chi connectivity index (χ4n) is 0.282. The first-order valence-corrected chi connectivity index (χ1v) is 4.59. The van der Waals surface area contributed by atoms with Crippen molar-refractivity contribution in [2.45, 2.75) is 6.92 Å². The average Bonchev–Trinajstić information content (AvgIpc) is 1.86. The molecule has 1 radical (unpaired) electrons. The molecule has 0 spiro atoms. The van der Waals surface area contributed by atoms with Crippen LogP contribution in [-0.2, 0) is 0 Å². The summed E-state index contributed by atoms with van der Waals surface area (Å²) in [5.74, 6) is 5.39. The van der Waals surface area contributed by atoms with Crippen LogP contribution in [0.5, 0.6) is 0 Å². The Morgan fingerprint density at radius 1 is 2.00 bits per heavy atom. The van der Waals surface area contributed by atoms with Crippen molar-refractivity contribution in [1.29, 1.82) is 0 Å². The predicted molar refractivity (Wildman–Crippen MR) is 32.0 cm³/mol. The van der Waals surface area contributed by atoms with Crippen molar-refractivity contribution < 1.29 is 0 Å². The van der Waals surface area contributed by atoms with Gasteiger partial charge in [0, 0.05) is 5.80 Å². The number of rotatable bonds is 0. The molecule has 2 heteroatoms. The molecule has 1 heterocycles. The van der Waals surface area contributed by atoms with E-state index in [-0.39, 0.29) is 0 Å². The van der Waals surface area contributed by atoms with Crippen LogP contribution in [0.4, 0.5) is 0 Å². The Kier molecular flexibility index (Phi) is 1.29. The van der Waals surface area contributed by atoms with Gasteiger partial charge in [0.05, 0.1) is 0 Å². The summed E-state index contributed by atoms with van der Waals surface area (Å²) in [6.45, 7) is 2.09. The lowest BCUT2D eigenvalue weighted by molar-refractivity contribution is 1.57. The topological polar surface area (TPSA) is 0 Å². The standard InChI is InChI=1S/C4H5P2/c1-4-2-5-6-3-4/h2,5H,1H3. The Morgan fingerprint density at radius 2 is 2.83 bits per heavy atom. The van der Waals surface area contributed by atoms with Crippen molar-refractivity contribution in [2.24, 2.45) is 0 Å². The highest BCUT2D eigenvalue weighted by Crippen LogP contribution is 2.21. The molecule has 0 aromatic carbocycles. The molecule has 0 aliphatic rings. The van der Waals surface area contributed by atoms with Crippen LogP contribution < -0.4 is 0 Å². The zero-order valence-corrected chi connectivity index (χ0v) is 5.42. The van der Waals surface area contributed by atoms with Gasteiger partial charge in [0.1, 0.15) is 0 Å². The van der Waals surface area contributed by atoms with E-state index in [0.29, 0.717) is 0 Å². The van der Waals surface area contributed by atoms with Crippen molar-refractivity contribution >= 4 is 15.7 Å². The maximum absolute atomic E-state index is 3.17. The summed E-state index contributed by atoms with van der Waals surface area (Å²) in [4.78, 5) is 0. The van der Waals surface area contributed by atoms with Gasteiger partial charge in [-0.1, -0.05) is 0 Å². The summed E-state index contributed by atoms with van der Waals surface area (Å²) in [5, 5.41) is 0. The van der Waals surface area contributed by atoms with E-state index in [4.69, 9.17) is 0 Å². The first-order valence-electron chi connectivity index (χ1n) is 1.77. The Hall–Kier alpha value is 0.210. The maximum Gasteiger partial charge on any atom is 0.0211 e. The Bertz CT molecular complexity index is 109. The molecule has 0 N–H and O–H groups in total. The molecule has 31 valence electrons. The minimum atomic E-state index is 0.988. The molecule has 1 rings (SSSR count). The van der Waals surface area contributed by atoms with Crippen LogP contribution in [0.15, 0.2) is 5.80 Å². The van der Waals surface area contributed by atoms with Crippen molar-refractivity contribution in [1.82, 2.24) is 0 Å². The molecular weight excluding hydrogens is 110 g/mol. The van der Waals surface area contributed by atoms with Crippen LogP contribution in [0.25, 0.3) is 0 Å². The smallest absolute Gasteiger partial charge is 0.0211 e. The second-order valence-corrected chi connectivity index (χ2v) is 3.62. The molecule has 1 unspecified atom stereocenters. The van der Waals surface area contributed by atoms with Crippen molar-refractivity contribution in [3.8, 4) is 0 Å². The van der Waals surface area contributed by atoms with Crippen molar-refractivity contribution in [3.63, 3.8) is 0 Å². The van der Waals surface area contributed by atoms with E-state index in [1.54, 1.807) is 0 Å². The molecule has 1 aromatic rings. The van der Waals surface area contributed by atoms with E-state index in [2.05, 4.69) is 18.5 Å². The zero-order valence-electron chi connectivity index (χ0n) is 3.52. The minimum Gasteiger partial charge on any atom is -0.110 e. The lowest BCUT2D eigenvalue weighted by Gasteiger charge is -1.64. The van der Waals surface area contributed by atoms with E-state index < -0.39 is 0 Å². The molecule has 0 fully saturated rings. The van der Waals surface area contributed by atoms with Crippen LogP contribution in [0.1, 0.15) is 5.56 Å². The van der Waals surface area contributed by atoms with E-state index >= 15 is 0 Å². The predicted octanol–water partition coefficient (Wildman–Crippen LogP) is 2.41. The maximum atomic E-state index is 3.17. The van der Waals surface area contributed by atoms with Crippen LogP contribution in [0, 0.1) is 12.7 Å². The highest BCUT2D eigenvalue weighted by Gasteiger charge is 1.75. The fraction of sp³-hybridized carbons (Fsp3) is 0.250. The van der Waals surface area contributed by atoms with Crippen LogP contribution in [-0.4, -0.2) is 0 Å². The summed E-state index contributed by atoms with van der Waals surface area (Å²) >= 11 is 0. The fourth-order valence-corrected chi connectivity index (χ4v) is 2.54. The average molecular weight is 115 g/mol. The lowest BCUT2D eigenvalue weighted by atomic mass is 10.5. The third-order valence-corrected chi connectivity index (χ3v) is 2.84. The van der Waals surface area contributed by atoms with Gasteiger partial charge in [-0.2, -0.15) is 0 Å². The first kappa shape index (κ1) is 4.37. The van der Waals surface area contributed by atoms with Gasteiger partial charge >= 0.3 is 0 Å². The Labute approximate surface area is 40.7 Å². The summed E-state index contributed by atoms with van der Waals surface area (Å²) in [7, 11) is 2.36. The molecular formula is C4H5P2. The van der Waals surface area contributed by atoms with E-state index in [1.807, 2.05) is 0 Å². The van der Waals surface area contributed by atoms with Crippen LogP contribution >= 0.6 is 15.7 Å². The summed E-state index contributed by atoms with van der Waals surface area (Å²) < 4.78 is 0. The highest BCUT2D eigenvalue weighted by molar-refractivity contribution is 7.89. The van der Waals surface area contributed by atoms with Gasteiger partial charge in [-0.15, -0.1) is 7.87 Å². The molecule has 0 aliphatic carbocycles. The van der Waals surface area contributed by atoms with Crippen LogP contribution in [0.3, 0.4) is 0 Å². The second-order valence-electron chi connectivity index (χ2n) is 1.18. The van der Waals surface area contributed by atoms with E-state index in [0.717, 1.165) is 7.87 Å². The van der Waals surface area contributed by atoms with Gasteiger partial charge in [0.15, 0.2) is 0 Å². The van der Waals surface area contributed by atoms with Crippen molar-refractivity contribution in [3.05, 3.63) is 17.2 Å². The number of hydrogen-bond acceptors (Lipinski definition) is 0. The summed E-state index contributed by atoms with van der Waals surface area (Å²) in [5.41, 5.74) is 1.33. The van der Waals surface area contributed by atoms with Gasteiger partial charge in [-0.3, -0.25) is 0 Å². The van der Waals surface area contributed by atoms with Gasteiger partial charge in [-0.05, 0) is 26.2 Å². The second kappa shape index (κ2) is 1.78. The quantitative estimate of drug-likeness (QED) is 0.487. The molecule has 0 aliphatic heterocycles. The molecule has 6 heavy (non-hydrogen) atoms. The molecule has 0 nitrogen and oxygen atoms in total. The largest absolute Gasteiger partial charge is 0.110 e. The molecule has 1 aromatic heterocycles. The van der Waals surface area contributed by atoms with Gasteiger partial charge in [0.2, 0.25) is 0 Å². The van der Waals surface area contributed by atoms with Gasteiger partial charge < -0.3 is 0 Å². The minimum absolute atomic E-state index is 0.988. The SMILES string of the molecule is Cc1[c]p[pH]c1. The Morgan fingerprint density at radius 3 is 3.00 bits per heavy atom. The summed E-state index contributed by atoms with van der Waals surface area (Å²) in [6.07, 6.45) is 0. The normalized spacial score (nSPS) is 11.5. The monoisotopic (exact) mass is 115 g/mol. The lowest BCUT2D eigenvalue weighted by Crippen LogP contribution is -1.47. The summed E-state index contributed by atoms with van der Waals surface area (Å²) in [6, 6.07) is 0. The molecule has 0 bridgehead atoms. The number of hydrogen-bond donors (Lipinski definition) is 0. The van der Waals surface area contributed by atoms with E-state index in [1.165, 1.54) is 13.4 Å². The van der Waals surface area contributed by atoms with Crippen LogP contribution in [0.2, 0.25) is 0 Å². The van der Waals surface area contributed by atoms with Crippen molar-refractivity contribution in [2.75, 3.05) is 0 Å². The van der Waals surface area contributed by atoms with Gasteiger partial charge in [-0.25, -0.2) is 0 Å². The van der Waals surface area contributed by atoms with E-state index in [9.17, 15) is 0 Å². The first-order chi connectivity index (χ1) is 2.89. The molecule has 0 saturated heterocycles. The highest BCUT2D eigenvalue weighted by atomic mass is 31.8. The number of aryl methyl sites for hydroxylation is 1. The zero-order chi connectivity index (χ0) is 4.41. The third-order valence-electron chi connectivity index (χ3n) is 0.578. The van der Waals surface area contributed by atoms with Gasteiger partial charge in [0.25, 0.3) is 0 Å². The molecule has 0 saturated carbocycles.